The van der Waals surface area contributed by atoms with E-state index >= 15 is 0 Å². The van der Waals surface area contributed by atoms with Gasteiger partial charge in [-0.3, -0.25) is 0 Å². The summed E-state index contributed by atoms with van der Waals surface area (Å²) in [6.45, 7) is 4.06. The van der Waals surface area contributed by atoms with Gasteiger partial charge < -0.3 is 15.5 Å². The molecule has 2 heterocycles. The summed E-state index contributed by atoms with van der Waals surface area (Å²) in [6, 6.07) is 0. The van der Waals surface area contributed by atoms with Crippen LogP contribution in [0.2, 0.25) is 0 Å². The lowest BCUT2D eigenvalue weighted by molar-refractivity contribution is 0.411. The van der Waals surface area contributed by atoms with Crippen molar-refractivity contribution >= 4 is 5.95 Å². The second-order valence-electron chi connectivity index (χ2n) is 4.62. The Kier molecular flexibility index (Phi) is 4.28. The molecule has 1 aromatic rings. The highest BCUT2D eigenvalue weighted by molar-refractivity contribution is 5.26. The Bertz CT molecular complexity index is 337. The van der Waals surface area contributed by atoms with Crippen LogP contribution in [0.5, 0.6) is 0 Å². The third kappa shape index (κ3) is 3.38. The molecule has 1 aliphatic heterocycles. The van der Waals surface area contributed by atoms with Gasteiger partial charge in [-0.1, -0.05) is 0 Å². The van der Waals surface area contributed by atoms with E-state index in [4.69, 9.17) is 0 Å². The zero-order chi connectivity index (χ0) is 12.1. The molecule has 1 aromatic heterocycles. The zero-order valence-corrected chi connectivity index (χ0v) is 10.6. The fraction of sp³-hybridized carbons (Fsp3) is 0.667. The van der Waals surface area contributed by atoms with Crippen molar-refractivity contribution in [3.05, 3.63) is 18.0 Å². The van der Waals surface area contributed by atoms with Crippen LogP contribution in [0.25, 0.3) is 0 Å². The van der Waals surface area contributed by atoms with E-state index in [0.29, 0.717) is 5.92 Å². The predicted molar refractivity (Wildman–Crippen MR) is 69.3 cm³/mol. The van der Waals surface area contributed by atoms with Crippen molar-refractivity contribution in [2.24, 2.45) is 0 Å². The molecule has 0 aromatic carbocycles. The number of hydrogen-bond acceptors (Lipinski definition) is 5. The number of nitrogens with zero attached hydrogens (tertiary/aromatic N) is 3. The van der Waals surface area contributed by atoms with Gasteiger partial charge in [-0.2, -0.15) is 0 Å². The van der Waals surface area contributed by atoms with Gasteiger partial charge in [0.2, 0.25) is 5.95 Å². The average molecular weight is 235 g/mol. The van der Waals surface area contributed by atoms with Crippen molar-refractivity contribution in [2.45, 2.75) is 12.3 Å². The third-order valence-electron chi connectivity index (χ3n) is 3.19. The molecular weight excluding hydrogens is 214 g/mol. The summed E-state index contributed by atoms with van der Waals surface area (Å²) in [5, 5.41) is 6.25. The number of anilines is 1. The van der Waals surface area contributed by atoms with Gasteiger partial charge in [0.05, 0.1) is 0 Å². The van der Waals surface area contributed by atoms with Crippen LogP contribution < -0.4 is 10.6 Å². The Morgan fingerprint density at radius 2 is 2.12 bits per heavy atom. The first-order valence-electron chi connectivity index (χ1n) is 6.18. The number of likely N-dealkylation sites (tertiary alicyclic amines) is 1. The van der Waals surface area contributed by atoms with Crippen LogP contribution in [0.15, 0.2) is 12.4 Å². The molecule has 5 nitrogen and oxygen atoms in total. The Hall–Kier alpha value is -1.20. The van der Waals surface area contributed by atoms with Gasteiger partial charge in [-0.25, -0.2) is 9.97 Å². The van der Waals surface area contributed by atoms with Crippen molar-refractivity contribution in [1.82, 2.24) is 20.2 Å². The van der Waals surface area contributed by atoms with Crippen LogP contribution in [-0.2, 0) is 0 Å². The fourth-order valence-electron chi connectivity index (χ4n) is 2.15. The van der Waals surface area contributed by atoms with Gasteiger partial charge in [0.1, 0.15) is 0 Å². The largest absolute Gasteiger partial charge is 0.353 e. The van der Waals surface area contributed by atoms with E-state index in [1.54, 1.807) is 0 Å². The van der Waals surface area contributed by atoms with E-state index in [1.807, 2.05) is 19.4 Å². The molecular formula is C12H21N5. The summed E-state index contributed by atoms with van der Waals surface area (Å²) >= 11 is 0. The van der Waals surface area contributed by atoms with E-state index in [1.165, 1.54) is 18.5 Å². The maximum absolute atomic E-state index is 4.35. The summed E-state index contributed by atoms with van der Waals surface area (Å²) in [5.41, 5.74) is 1.26. The lowest BCUT2D eigenvalue weighted by atomic mass is 10.0. The summed E-state index contributed by atoms with van der Waals surface area (Å²) in [5.74, 6) is 1.32. The van der Waals surface area contributed by atoms with Gasteiger partial charge in [-0.15, -0.1) is 0 Å². The molecule has 17 heavy (non-hydrogen) atoms. The van der Waals surface area contributed by atoms with E-state index < -0.39 is 0 Å². The van der Waals surface area contributed by atoms with E-state index in [-0.39, 0.29) is 0 Å². The van der Waals surface area contributed by atoms with E-state index in [2.05, 4.69) is 32.5 Å². The van der Waals surface area contributed by atoms with Crippen molar-refractivity contribution in [3.8, 4) is 0 Å². The molecule has 5 heteroatoms. The molecule has 2 rings (SSSR count). The maximum Gasteiger partial charge on any atom is 0.222 e. The molecule has 0 saturated carbocycles. The number of likely N-dealkylation sites (N-methyl/N-ethyl adjacent to an activating group) is 2. The smallest absolute Gasteiger partial charge is 0.222 e. The highest BCUT2D eigenvalue weighted by atomic mass is 15.1. The predicted octanol–water partition coefficient (Wildman–Crippen LogP) is 0.527. The van der Waals surface area contributed by atoms with Gasteiger partial charge in [-0.05, 0) is 32.6 Å². The zero-order valence-electron chi connectivity index (χ0n) is 10.6. The molecule has 94 valence electrons. The van der Waals surface area contributed by atoms with Gasteiger partial charge in [0.25, 0.3) is 0 Å². The van der Waals surface area contributed by atoms with Crippen molar-refractivity contribution in [1.29, 1.82) is 0 Å². The summed E-state index contributed by atoms with van der Waals surface area (Å²) in [6.07, 6.45) is 5.13. The fourth-order valence-corrected chi connectivity index (χ4v) is 2.15. The van der Waals surface area contributed by atoms with E-state index in [9.17, 15) is 0 Å². The molecule has 1 fully saturated rings. The first kappa shape index (κ1) is 12.3. The minimum atomic E-state index is 0.603. The molecule has 0 spiro atoms. The molecule has 0 bridgehead atoms. The lowest BCUT2D eigenvalue weighted by Gasteiger charge is -2.10. The lowest BCUT2D eigenvalue weighted by Crippen LogP contribution is -2.19. The topological polar surface area (TPSA) is 53.1 Å². The summed E-state index contributed by atoms with van der Waals surface area (Å²) < 4.78 is 0. The normalized spacial score (nSPS) is 20.7. The Balaban J connectivity index is 1.89. The third-order valence-corrected chi connectivity index (χ3v) is 3.19. The molecule has 1 atom stereocenters. The summed E-state index contributed by atoms with van der Waals surface area (Å²) in [4.78, 5) is 11.1. The van der Waals surface area contributed by atoms with Crippen LogP contribution in [-0.4, -0.2) is 55.1 Å². The molecule has 0 amide bonds. The van der Waals surface area contributed by atoms with Crippen molar-refractivity contribution in [2.75, 3.05) is 45.6 Å². The first-order valence-corrected chi connectivity index (χ1v) is 6.18. The van der Waals surface area contributed by atoms with Gasteiger partial charge >= 0.3 is 0 Å². The van der Waals surface area contributed by atoms with Crippen molar-refractivity contribution in [3.63, 3.8) is 0 Å². The van der Waals surface area contributed by atoms with Gasteiger partial charge in [0, 0.05) is 37.9 Å². The number of rotatable bonds is 5. The van der Waals surface area contributed by atoms with E-state index in [0.717, 1.165) is 25.6 Å². The number of nitrogens with one attached hydrogen (secondary N) is 2. The number of aromatic nitrogens is 2. The SMILES string of the molecule is CNCCNc1ncc(C2CCN(C)C2)cn1. The Morgan fingerprint density at radius 1 is 1.35 bits per heavy atom. The maximum atomic E-state index is 4.35. The highest BCUT2D eigenvalue weighted by Crippen LogP contribution is 2.25. The van der Waals surface area contributed by atoms with Crippen LogP contribution in [0.4, 0.5) is 5.95 Å². The Morgan fingerprint density at radius 3 is 2.71 bits per heavy atom. The Labute approximate surface area is 103 Å². The molecule has 1 aliphatic rings. The summed E-state index contributed by atoms with van der Waals surface area (Å²) in [7, 11) is 4.09. The van der Waals surface area contributed by atoms with Crippen LogP contribution in [0.3, 0.4) is 0 Å². The van der Waals surface area contributed by atoms with Crippen LogP contribution in [0.1, 0.15) is 17.9 Å². The monoisotopic (exact) mass is 235 g/mol. The average Bonchev–Trinajstić information content (AvgIpc) is 2.77. The quantitative estimate of drug-likeness (QED) is 0.729. The molecule has 0 aliphatic carbocycles. The molecule has 0 radical (unpaired) electrons. The number of hydrogen-bond donors (Lipinski definition) is 2. The second kappa shape index (κ2) is 5.93. The highest BCUT2D eigenvalue weighted by Gasteiger charge is 2.21. The van der Waals surface area contributed by atoms with Crippen molar-refractivity contribution < 1.29 is 0 Å². The minimum Gasteiger partial charge on any atom is -0.353 e. The first-order chi connectivity index (χ1) is 8.29. The second-order valence-corrected chi connectivity index (χ2v) is 4.62. The molecule has 2 N–H and O–H groups in total. The van der Waals surface area contributed by atoms with Gasteiger partial charge in [0.15, 0.2) is 0 Å². The molecule has 1 unspecified atom stereocenters. The minimum absolute atomic E-state index is 0.603. The van der Waals surface area contributed by atoms with Crippen LogP contribution in [0, 0.1) is 0 Å². The van der Waals surface area contributed by atoms with Crippen LogP contribution >= 0.6 is 0 Å². The standard InChI is InChI=1S/C12H21N5/c1-13-4-5-14-12-15-7-11(8-16-12)10-3-6-17(2)9-10/h7-8,10,13H,3-6,9H2,1-2H3,(H,14,15,16). The molecule has 1 saturated heterocycles.